The van der Waals surface area contributed by atoms with Crippen LogP contribution in [0.3, 0.4) is 0 Å². The number of Topliss-reactive ketones (excluding diaryl/α,β-unsaturated/α-hetero) is 1. The molecule has 10 heteroatoms. The minimum Gasteiger partial charge on any atom is -0.379 e. The van der Waals surface area contributed by atoms with Crippen LogP contribution in [0.2, 0.25) is 0 Å². The lowest BCUT2D eigenvalue weighted by Crippen LogP contribution is -2.39. The zero-order valence-corrected chi connectivity index (χ0v) is 19.1. The lowest BCUT2D eigenvalue weighted by Gasteiger charge is -2.34. The number of carbonyl (C=O) groups excluding carboxylic acids is 1. The lowest BCUT2D eigenvalue weighted by molar-refractivity contribution is -0.145. The van der Waals surface area contributed by atoms with Gasteiger partial charge in [0.1, 0.15) is 5.82 Å². The van der Waals surface area contributed by atoms with E-state index >= 15 is 0 Å². The zero-order valence-electron chi connectivity index (χ0n) is 19.1. The molecule has 0 spiro atoms. The predicted octanol–water partition coefficient (Wildman–Crippen LogP) is 5.29. The number of ketones is 1. The molecule has 192 valence electrons. The number of hydrogen-bond donors (Lipinski definition) is 1. The molecule has 0 amide bonds. The Morgan fingerprint density at radius 1 is 1.11 bits per heavy atom. The number of fused-ring (bicyclic) bond motifs is 1. The zero-order chi connectivity index (χ0) is 24.4. The van der Waals surface area contributed by atoms with Crippen molar-refractivity contribution in [3.8, 4) is 0 Å². The van der Waals surface area contributed by atoms with Crippen molar-refractivity contribution in [2.24, 2.45) is 0 Å². The SMILES string of the molecule is C.O=C(CC[C@H](c1cnc(C(F)(F)F)nc1)N1CCOCC1)c1cccc2nc(NC3CC3)ccc12. The van der Waals surface area contributed by atoms with Gasteiger partial charge in [-0.1, -0.05) is 19.6 Å². The molecule has 0 unspecified atom stereocenters. The molecule has 1 saturated heterocycles. The van der Waals surface area contributed by atoms with Gasteiger partial charge in [-0.3, -0.25) is 9.69 Å². The normalized spacial score (nSPS) is 17.4. The molecule has 7 nitrogen and oxygen atoms in total. The highest BCUT2D eigenvalue weighted by molar-refractivity contribution is 6.07. The number of anilines is 1. The smallest absolute Gasteiger partial charge is 0.379 e. The first-order valence-electron chi connectivity index (χ1n) is 11.8. The first-order chi connectivity index (χ1) is 16.9. The minimum atomic E-state index is -4.60. The van der Waals surface area contributed by atoms with Crippen LogP contribution in [-0.2, 0) is 10.9 Å². The molecule has 5 rings (SSSR count). The number of nitrogens with one attached hydrogen (secondary N) is 1. The van der Waals surface area contributed by atoms with Crippen LogP contribution in [0.4, 0.5) is 19.0 Å². The molecule has 36 heavy (non-hydrogen) atoms. The summed E-state index contributed by atoms with van der Waals surface area (Å²) in [4.78, 5) is 27.1. The Labute approximate surface area is 208 Å². The van der Waals surface area contributed by atoms with Gasteiger partial charge in [0.15, 0.2) is 5.78 Å². The third kappa shape index (κ3) is 5.99. The van der Waals surface area contributed by atoms with Gasteiger partial charge < -0.3 is 10.1 Å². The summed E-state index contributed by atoms with van der Waals surface area (Å²) in [7, 11) is 0. The molecule has 3 aromatic rings. The van der Waals surface area contributed by atoms with Crippen molar-refractivity contribution in [1.29, 1.82) is 0 Å². The summed E-state index contributed by atoms with van der Waals surface area (Å²) in [6, 6.07) is 9.53. The van der Waals surface area contributed by atoms with Gasteiger partial charge in [0.25, 0.3) is 0 Å². The quantitative estimate of drug-likeness (QED) is 0.420. The van der Waals surface area contributed by atoms with Gasteiger partial charge in [-0.2, -0.15) is 13.2 Å². The second kappa shape index (κ2) is 10.9. The Bertz CT molecular complexity index is 1190. The van der Waals surface area contributed by atoms with Gasteiger partial charge >= 0.3 is 6.18 Å². The lowest BCUT2D eigenvalue weighted by atomic mass is 9.96. The number of benzene rings is 1. The van der Waals surface area contributed by atoms with Crippen LogP contribution in [0, 0.1) is 0 Å². The third-order valence-corrected chi connectivity index (χ3v) is 6.40. The van der Waals surface area contributed by atoms with E-state index in [-0.39, 0.29) is 25.7 Å². The molecule has 3 heterocycles. The number of hydrogen-bond acceptors (Lipinski definition) is 7. The summed E-state index contributed by atoms with van der Waals surface area (Å²) in [6.07, 6.45) is 0.786. The topological polar surface area (TPSA) is 80.2 Å². The molecule has 1 atom stereocenters. The number of nitrogens with zero attached hydrogens (tertiary/aromatic N) is 4. The fourth-order valence-corrected chi connectivity index (χ4v) is 4.42. The summed E-state index contributed by atoms with van der Waals surface area (Å²) in [5, 5.41) is 4.16. The number of aromatic nitrogens is 3. The molecular weight excluding hydrogens is 471 g/mol. The van der Waals surface area contributed by atoms with Crippen LogP contribution in [0.1, 0.15) is 60.9 Å². The van der Waals surface area contributed by atoms with Crippen molar-refractivity contribution < 1.29 is 22.7 Å². The van der Waals surface area contributed by atoms with Gasteiger partial charge in [0.05, 0.1) is 18.7 Å². The molecule has 0 radical (unpaired) electrons. The molecule has 1 aliphatic carbocycles. The average molecular weight is 502 g/mol. The highest BCUT2D eigenvalue weighted by atomic mass is 19.4. The van der Waals surface area contributed by atoms with E-state index in [1.165, 1.54) is 12.4 Å². The first kappa shape index (κ1) is 26.0. The Hall–Kier alpha value is -3.11. The van der Waals surface area contributed by atoms with Crippen LogP contribution < -0.4 is 5.32 Å². The van der Waals surface area contributed by atoms with Crippen LogP contribution in [-0.4, -0.2) is 58.0 Å². The molecule has 1 saturated carbocycles. The molecule has 1 N–H and O–H groups in total. The number of ether oxygens (including phenoxy) is 1. The Morgan fingerprint density at radius 2 is 1.83 bits per heavy atom. The van der Waals surface area contributed by atoms with E-state index < -0.39 is 12.0 Å². The van der Waals surface area contributed by atoms with E-state index in [2.05, 4.69) is 25.2 Å². The van der Waals surface area contributed by atoms with Crippen molar-refractivity contribution in [3.63, 3.8) is 0 Å². The van der Waals surface area contributed by atoms with Crippen molar-refractivity contribution >= 4 is 22.5 Å². The van der Waals surface area contributed by atoms with Gasteiger partial charge in [0, 0.05) is 60.5 Å². The molecule has 2 aromatic heterocycles. The van der Waals surface area contributed by atoms with E-state index in [0.717, 1.165) is 29.6 Å². The molecule has 2 aliphatic rings. The van der Waals surface area contributed by atoms with Crippen molar-refractivity contribution in [2.75, 3.05) is 31.6 Å². The highest BCUT2D eigenvalue weighted by Crippen LogP contribution is 2.31. The Morgan fingerprint density at radius 3 is 2.50 bits per heavy atom. The average Bonchev–Trinajstić information content (AvgIpc) is 3.68. The Balaban J connectivity index is 0.00000304. The summed E-state index contributed by atoms with van der Waals surface area (Å²) in [6.45, 7) is 2.29. The number of morpholine rings is 1. The van der Waals surface area contributed by atoms with E-state index in [0.29, 0.717) is 49.9 Å². The maximum Gasteiger partial charge on any atom is 0.451 e. The number of alkyl halides is 3. The Kier molecular flexibility index (Phi) is 7.85. The molecule has 0 bridgehead atoms. The fraction of sp³-hybridized carbons (Fsp3) is 0.462. The van der Waals surface area contributed by atoms with Gasteiger partial charge in [-0.25, -0.2) is 15.0 Å². The minimum absolute atomic E-state index is 0. The van der Waals surface area contributed by atoms with Crippen LogP contribution in [0.25, 0.3) is 10.9 Å². The standard InChI is InChI=1S/C25H26F3N5O2.CH4/c26-25(27,28)24-29-14-16(15-30-24)21(33-10-12-35-13-11-33)7-8-22(34)19-2-1-3-20-18(19)6-9-23(32-20)31-17-4-5-17;/h1-3,6,9,14-15,17,21H,4-5,7-8,10-13H2,(H,31,32);1H4/t21-;/m1./s1. The molecule has 2 fully saturated rings. The van der Waals surface area contributed by atoms with Gasteiger partial charge in [-0.05, 0) is 37.5 Å². The van der Waals surface area contributed by atoms with E-state index in [1.54, 1.807) is 6.07 Å². The van der Waals surface area contributed by atoms with Gasteiger partial charge in [-0.15, -0.1) is 0 Å². The number of pyridine rings is 1. The molecular formula is C26H30F3N5O2. The maximum atomic E-state index is 13.3. The van der Waals surface area contributed by atoms with E-state index in [1.807, 2.05) is 24.3 Å². The van der Waals surface area contributed by atoms with Crippen molar-refractivity contribution in [1.82, 2.24) is 19.9 Å². The summed E-state index contributed by atoms with van der Waals surface area (Å²) in [5.41, 5.74) is 1.91. The second-order valence-corrected chi connectivity index (χ2v) is 8.95. The summed E-state index contributed by atoms with van der Waals surface area (Å²) >= 11 is 0. The van der Waals surface area contributed by atoms with Crippen molar-refractivity contribution in [3.05, 3.63) is 59.7 Å². The molecule has 1 aliphatic heterocycles. The van der Waals surface area contributed by atoms with E-state index in [4.69, 9.17) is 4.74 Å². The summed E-state index contributed by atoms with van der Waals surface area (Å²) in [5.74, 6) is -0.400. The maximum absolute atomic E-state index is 13.3. The van der Waals surface area contributed by atoms with Gasteiger partial charge in [0.2, 0.25) is 5.82 Å². The van der Waals surface area contributed by atoms with Crippen LogP contribution in [0.5, 0.6) is 0 Å². The van der Waals surface area contributed by atoms with Crippen molar-refractivity contribution in [2.45, 2.75) is 51.4 Å². The highest BCUT2D eigenvalue weighted by Gasteiger charge is 2.35. The van der Waals surface area contributed by atoms with Crippen LogP contribution >= 0.6 is 0 Å². The fourth-order valence-electron chi connectivity index (χ4n) is 4.42. The number of rotatable bonds is 8. The first-order valence-corrected chi connectivity index (χ1v) is 11.8. The van der Waals surface area contributed by atoms with E-state index in [9.17, 15) is 18.0 Å². The molecule has 1 aromatic carbocycles. The summed E-state index contributed by atoms with van der Waals surface area (Å²) < 4.78 is 44.2. The number of carbonyl (C=O) groups is 1. The predicted molar refractivity (Wildman–Crippen MR) is 131 cm³/mol. The second-order valence-electron chi connectivity index (χ2n) is 8.95. The third-order valence-electron chi connectivity index (χ3n) is 6.40. The van der Waals surface area contributed by atoms with Crippen LogP contribution in [0.15, 0.2) is 42.7 Å². The monoisotopic (exact) mass is 501 g/mol. The largest absolute Gasteiger partial charge is 0.451 e. The number of halogens is 3.